The summed E-state index contributed by atoms with van der Waals surface area (Å²) in [7, 11) is 3.27. The Kier molecular flexibility index (Phi) is 6.13. The van der Waals surface area contributed by atoms with Crippen LogP contribution in [-0.4, -0.2) is 25.1 Å². The van der Waals surface area contributed by atoms with Gasteiger partial charge in [0.15, 0.2) is 0 Å². The first-order valence-corrected chi connectivity index (χ1v) is 10.4. The molecule has 1 aliphatic carbocycles. The van der Waals surface area contributed by atoms with Crippen LogP contribution in [0.4, 0.5) is 5.69 Å². The van der Waals surface area contributed by atoms with E-state index in [4.69, 9.17) is 14.2 Å². The number of esters is 1. The molecule has 168 valence electrons. The van der Waals surface area contributed by atoms with E-state index in [0.29, 0.717) is 0 Å². The molecule has 7 heteroatoms. The first-order chi connectivity index (χ1) is 16.0. The number of rotatable bonds is 8. The Labute approximate surface area is 191 Å². The molecule has 33 heavy (non-hydrogen) atoms. The third kappa shape index (κ3) is 4.57. The van der Waals surface area contributed by atoms with Crippen molar-refractivity contribution in [2.75, 3.05) is 14.2 Å². The van der Waals surface area contributed by atoms with Crippen LogP contribution in [0.1, 0.15) is 17.5 Å². The zero-order chi connectivity index (χ0) is 23.4. The van der Waals surface area contributed by atoms with Gasteiger partial charge in [-0.2, -0.15) is 0 Å². The number of allylic oxidation sites excluding steroid dienone is 1. The predicted octanol–water partition coefficient (Wildman–Crippen LogP) is 5.08. The molecule has 0 heterocycles. The molecule has 0 saturated heterocycles. The molecule has 0 amide bonds. The number of hydrogen-bond donors (Lipinski definition) is 0. The number of benzene rings is 3. The van der Waals surface area contributed by atoms with Crippen LogP contribution in [0.25, 0.3) is 0 Å². The maximum absolute atomic E-state index is 12.4. The van der Waals surface area contributed by atoms with Crippen LogP contribution >= 0.6 is 0 Å². The summed E-state index contributed by atoms with van der Waals surface area (Å²) in [6.07, 6.45) is 4.08. The molecule has 0 radical (unpaired) electrons. The Bertz CT molecular complexity index is 1150. The van der Waals surface area contributed by atoms with Crippen LogP contribution in [0.15, 0.2) is 84.9 Å². The summed E-state index contributed by atoms with van der Waals surface area (Å²) in [5, 5.41) is 10.8. The Balaban J connectivity index is 1.56. The van der Waals surface area contributed by atoms with Crippen molar-refractivity contribution in [3.05, 3.63) is 106 Å². The molecule has 0 aromatic heterocycles. The first kappa shape index (κ1) is 22.1. The van der Waals surface area contributed by atoms with Crippen molar-refractivity contribution in [2.24, 2.45) is 5.92 Å². The zero-order valence-corrected chi connectivity index (χ0v) is 18.3. The van der Waals surface area contributed by atoms with E-state index in [0.717, 1.165) is 29.0 Å². The molecule has 3 aromatic rings. The fourth-order valence-electron chi connectivity index (χ4n) is 4.13. The van der Waals surface area contributed by atoms with Crippen LogP contribution < -0.4 is 14.2 Å². The van der Waals surface area contributed by atoms with Crippen LogP contribution in [0.3, 0.4) is 0 Å². The minimum absolute atomic E-state index is 0.0651. The van der Waals surface area contributed by atoms with Crippen LogP contribution in [-0.2, 0) is 10.2 Å². The number of ether oxygens (including phenoxy) is 3. The van der Waals surface area contributed by atoms with Crippen LogP contribution in [0.5, 0.6) is 17.2 Å². The lowest BCUT2D eigenvalue weighted by Gasteiger charge is -2.19. The van der Waals surface area contributed by atoms with Gasteiger partial charge in [0, 0.05) is 23.6 Å². The summed E-state index contributed by atoms with van der Waals surface area (Å²) >= 11 is 0. The molecule has 1 aliphatic rings. The lowest BCUT2D eigenvalue weighted by molar-refractivity contribution is -0.384. The highest BCUT2D eigenvalue weighted by atomic mass is 16.6. The highest BCUT2D eigenvalue weighted by molar-refractivity contribution is 5.84. The van der Waals surface area contributed by atoms with Gasteiger partial charge >= 0.3 is 5.97 Å². The van der Waals surface area contributed by atoms with Crippen LogP contribution in [0, 0.1) is 16.0 Å². The van der Waals surface area contributed by atoms with Crippen molar-refractivity contribution in [3.8, 4) is 17.2 Å². The molecule has 1 saturated carbocycles. The number of hydrogen-bond acceptors (Lipinski definition) is 6. The highest BCUT2D eigenvalue weighted by Gasteiger charge is 2.55. The van der Waals surface area contributed by atoms with E-state index in [1.165, 1.54) is 30.3 Å². The maximum Gasteiger partial charge on any atom is 0.335 e. The first-order valence-electron chi connectivity index (χ1n) is 10.4. The lowest BCUT2D eigenvalue weighted by Crippen LogP contribution is -2.12. The Morgan fingerprint density at radius 3 is 2.03 bits per heavy atom. The summed E-state index contributed by atoms with van der Waals surface area (Å²) in [5.74, 6) is 1.31. The Morgan fingerprint density at radius 1 is 0.939 bits per heavy atom. The number of carbonyl (C=O) groups is 1. The molecule has 1 fully saturated rings. The number of nitrogens with zero attached hydrogens (tertiary/aromatic N) is 1. The standard InChI is InChI=1S/C26H23NO6/c1-31-23-7-3-5-18(15-23)26(19-6-4-8-24(16-19)32-2)17-20(26)9-14-25(28)33-22-12-10-21(11-13-22)27(29)30/h3-16,20H,17H2,1-2H3/b14-9+/t20-/m0/s1. The molecular weight excluding hydrogens is 422 g/mol. The lowest BCUT2D eigenvalue weighted by atomic mass is 9.85. The quantitative estimate of drug-likeness (QED) is 0.158. The third-order valence-corrected chi connectivity index (χ3v) is 5.92. The monoisotopic (exact) mass is 445 g/mol. The van der Waals surface area contributed by atoms with E-state index in [9.17, 15) is 14.9 Å². The average Bonchev–Trinajstić information content (AvgIpc) is 3.59. The van der Waals surface area contributed by atoms with Gasteiger partial charge in [-0.05, 0) is 59.9 Å². The Hall–Kier alpha value is -4.13. The van der Waals surface area contributed by atoms with E-state index >= 15 is 0 Å². The van der Waals surface area contributed by atoms with E-state index in [2.05, 4.69) is 12.1 Å². The number of methoxy groups -OCH3 is 2. The molecule has 3 aromatic carbocycles. The Morgan fingerprint density at radius 2 is 1.52 bits per heavy atom. The minimum Gasteiger partial charge on any atom is -0.497 e. The minimum atomic E-state index is -0.541. The highest BCUT2D eigenvalue weighted by Crippen LogP contribution is 2.60. The average molecular weight is 445 g/mol. The van der Waals surface area contributed by atoms with Gasteiger partial charge in [0.1, 0.15) is 17.2 Å². The SMILES string of the molecule is COc1cccc(C2(c3cccc(OC)c3)C[C@@H]2/C=C/C(=O)Oc2ccc([N+](=O)[O-])cc2)c1. The van der Waals surface area contributed by atoms with Gasteiger partial charge in [0.05, 0.1) is 19.1 Å². The number of non-ortho nitro benzene ring substituents is 1. The summed E-state index contributed by atoms with van der Waals surface area (Å²) in [6, 6.07) is 21.3. The molecule has 0 unspecified atom stereocenters. The fourth-order valence-corrected chi connectivity index (χ4v) is 4.13. The maximum atomic E-state index is 12.4. The van der Waals surface area contributed by atoms with E-state index in [1.54, 1.807) is 14.2 Å². The second-order valence-corrected chi connectivity index (χ2v) is 7.78. The molecule has 4 rings (SSSR count). The number of nitro groups is 1. The van der Waals surface area contributed by atoms with Crippen molar-refractivity contribution in [2.45, 2.75) is 11.8 Å². The van der Waals surface area contributed by atoms with E-state index in [-0.39, 0.29) is 22.8 Å². The van der Waals surface area contributed by atoms with Crippen molar-refractivity contribution in [3.63, 3.8) is 0 Å². The number of nitro benzene ring substituents is 1. The van der Waals surface area contributed by atoms with Gasteiger partial charge in [-0.3, -0.25) is 10.1 Å². The van der Waals surface area contributed by atoms with Crippen molar-refractivity contribution in [1.82, 2.24) is 0 Å². The van der Waals surface area contributed by atoms with Gasteiger partial charge in [-0.25, -0.2) is 4.79 Å². The molecule has 0 N–H and O–H groups in total. The topological polar surface area (TPSA) is 87.9 Å². The molecule has 1 atom stereocenters. The third-order valence-electron chi connectivity index (χ3n) is 5.92. The van der Waals surface area contributed by atoms with E-state index < -0.39 is 10.9 Å². The van der Waals surface area contributed by atoms with Gasteiger partial charge in [-0.15, -0.1) is 0 Å². The molecular formula is C26H23NO6. The second kappa shape index (κ2) is 9.16. The smallest absolute Gasteiger partial charge is 0.335 e. The summed E-state index contributed by atoms with van der Waals surface area (Å²) in [4.78, 5) is 22.6. The van der Waals surface area contributed by atoms with Crippen molar-refractivity contribution >= 4 is 11.7 Å². The summed E-state index contributed by atoms with van der Waals surface area (Å²) in [6.45, 7) is 0. The number of carbonyl (C=O) groups excluding carboxylic acids is 1. The molecule has 0 bridgehead atoms. The molecule has 7 nitrogen and oxygen atoms in total. The normalized spacial score (nSPS) is 16.2. The summed E-state index contributed by atoms with van der Waals surface area (Å²) in [5.41, 5.74) is 1.80. The van der Waals surface area contributed by atoms with Gasteiger partial charge in [0.25, 0.3) is 5.69 Å². The largest absolute Gasteiger partial charge is 0.497 e. The fraction of sp³-hybridized carbons (Fsp3) is 0.192. The van der Waals surface area contributed by atoms with E-state index in [1.807, 2.05) is 42.5 Å². The van der Waals surface area contributed by atoms with Crippen molar-refractivity contribution < 1.29 is 23.9 Å². The zero-order valence-electron chi connectivity index (χ0n) is 18.3. The van der Waals surface area contributed by atoms with Gasteiger partial charge in [0.2, 0.25) is 0 Å². The van der Waals surface area contributed by atoms with Crippen LogP contribution in [0.2, 0.25) is 0 Å². The molecule has 0 spiro atoms. The second-order valence-electron chi connectivity index (χ2n) is 7.78. The van der Waals surface area contributed by atoms with Crippen molar-refractivity contribution in [1.29, 1.82) is 0 Å². The predicted molar refractivity (Wildman–Crippen MR) is 123 cm³/mol. The summed E-state index contributed by atoms with van der Waals surface area (Å²) < 4.78 is 16.1. The van der Waals surface area contributed by atoms with Gasteiger partial charge < -0.3 is 14.2 Å². The molecule has 0 aliphatic heterocycles. The van der Waals surface area contributed by atoms with Gasteiger partial charge in [-0.1, -0.05) is 30.3 Å².